The molecule has 1 N–H and O–H groups in total. The SMILES string of the molecule is CC1CN2CCCC2CN1S(=O)(=O)N1CCCC(CO)C1. The second-order valence-corrected chi connectivity index (χ2v) is 8.65. The lowest BCUT2D eigenvalue weighted by Gasteiger charge is -2.44. The molecule has 0 aromatic carbocycles. The van der Waals surface area contributed by atoms with Gasteiger partial charge in [0, 0.05) is 44.9 Å². The average Bonchev–Trinajstić information content (AvgIpc) is 2.93. The molecule has 3 atom stereocenters. The van der Waals surface area contributed by atoms with Crippen molar-refractivity contribution in [3.8, 4) is 0 Å². The van der Waals surface area contributed by atoms with E-state index >= 15 is 0 Å². The van der Waals surface area contributed by atoms with Crippen LogP contribution < -0.4 is 0 Å². The van der Waals surface area contributed by atoms with Crippen LogP contribution in [-0.4, -0.2) is 78.4 Å². The molecule has 0 bridgehead atoms. The summed E-state index contributed by atoms with van der Waals surface area (Å²) in [7, 11) is -3.39. The van der Waals surface area contributed by atoms with Crippen molar-refractivity contribution in [2.45, 2.75) is 44.7 Å². The molecule has 3 aliphatic rings. The number of fused-ring (bicyclic) bond motifs is 1. The Morgan fingerprint density at radius 2 is 1.86 bits per heavy atom. The van der Waals surface area contributed by atoms with Crippen LogP contribution in [0, 0.1) is 5.92 Å². The Labute approximate surface area is 127 Å². The summed E-state index contributed by atoms with van der Waals surface area (Å²) < 4.78 is 29.2. The van der Waals surface area contributed by atoms with E-state index in [2.05, 4.69) is 4.90 Å². The zero-order chi connectivity index (χ0) is 15.0. The van der Waals surface area contributed by atoms with E-state index in [1.165, 1.54) is 6.42 Å². The maximum Gasteiger partial charge on any atom is 0.282 e. The summed E-state index contributed by atoms with van der Waals surface area (Å²) in [6.45, 7) is 5.74. The number of aliphatic hydroxyl groups excluding tert-OH is 1. The molecule has 3 unspecified atom stereocenters. The molecule has 0 radical (unpaired) electrons. The zero-order valence-electron chi connectivity index (χ0n) is 12.8. The van der Waals surface area contributed by atoms with Gasteiger partial charge in [-0.1, -0.05) is 0 Å². The van der Waals surface area contributed by atoms with E-state index < -0.39 is 10.2 Å². The molecule has 3 rings (SSSR count). The van der Waals surface area contributed by atoms with E-state index in [0.717, 1.165) is 32.4 Å². The van der Waals surface area contributed by atoms with Gasteiger partial charge in [0.05, 0.1) is 0 Å². The highest BCUT2D eigenvalue weighted by Crippen LogP contribution is 2.29. The molecule has 3 aliphatic heterocycles. The van der Waals surface area contributed by atoms with Gasteiger partial charge in [-0.2, -0.15) is 17.0 Å². The van der Waals surface area contributed by atoms with Crippen LogP contribution in [0.1, 0.15) is 32.6 Å². The number of rotatable bonds is 3. The fourth-order valence-electron chi connectivity index (χ4n) is 4.02. The fourth-order valence-corrected chi connectivity index (χ4v) is 5.95. The second-order valence-electron chi connectivity index (χ2n) is 6.77. The Bertz CT molecular complexity index is 470. The topological polar surface area (TPSA) is 64.1 Å². The van der Waals surface area contributed by atoms with Gasteiger partial charge in [0.15, 0.2) is 0 Å². The monoisotopic (exact) mass is 317 g/mol. The third-order valence-corrected chi connectivity index (χ3v) is 7.33. The number of piperazine rings is 1. The van der Waals surface area contributed by atoms with Gasteiger partial charge in [0.2, 0.25) is 0 Å². The Kier molecular flexibility index (Phi) is 4.57. The predicted octanol–water partition coefficient (Wildman–Crippen LogP) is 0.104. The maximum atomic E-state index is 13.0. The van der Waals surface area contributed by atoms with Crippen molar-refractivity contribution in [1.29, 1.82) is 0 Å². The van der Waals surface area contributed by atoms with E-state index in [4.69, 9.17) is 0 Å². The van der Waals surface area contributed by atoms with Crippen LogP contribution in [0.5, 0.6) is 0 Å². The largest absolute Gasteiger partial charge is 0.396 e. The van der Waals surface area contributed by atoms with Gasteiger partial charge in [-0.15, -0.1) is 0 Å². The van der Waals surface area contributed by atoms with Crippen LogP contribution in [0.25, 0.3) is 0 Å². The summed E-state index contributed by atoms with van der Waals surface area (Å²) in [5, 5.41) is 9.32. The smallest absolute Gasteiger partial charge is 0.282 e. The van der Waals surface area contributed by atoms with Crippen LogP contribution in [0.4, 0.5) is 0 Å². The summed E-state index contributed by atoms with van der Waals surface area (Å²) in [6.07, 6.45) is 4.07. The summed E-state index contributed by atoms with van der Waals surface area (Å²) in [5.41, 5.74) is 0. The normalized spacial score (nSPS) is 36.8. The highest BCUT2D eigenvalue weighted by atomic mass is 32.2. The number of piperidine rings is 1. The fraction of sp³-hybridized carbons (Fsp3) is 1.00. The molecule has 0 aliphatic carbocycles. The molecule has 6 nitrogen and oxygen atoms in total. The minimum Gasteiger partial charge on any atom is -0.396 e. The molecular formula is C14H27N3O3S. The molecule has 0 aromatic rings. The molecular weight excluding hydrogens is 290 g/mol. The molecule has 21 heavy (non-hydrogen) atoms. The van der Waals surface area contributed by atoms with Crippen LogP contribution >= 0.6 is 0 Å². The summed E-state index contributed by atoms with van der Waals surface area (Å²) in [5.74, 6) is 0.0941. The lowest BCUT2D eigenvalue weighted by molar-refractivity contribution is 0.105. The Balaban J connectivity index is 1.74. The van der Waals surface area contributed by atoms with Crippen molar-refractivity contribution in [2.75, 3.05) is 39.3 Å². The Morgan fingerprint density at radius 1 is 1.10 bits per heavy atom. The van der Waals surface area contributed by atoms with Gasteiger partial charge in [-0.3, -0.25) is 4.90 Å². The molecule has 0 aromatic heterocycles. The van der Waals surface area contributed by atoms with Crippen molar-refractivity contribution in [3.63, 3.8) is 0 Å². The summed E-state index contributed by atoms with van der Waals surface area (Å²) >= 11 is 0. The van der Waals surface area contributed by atoms with Crippen molar-refractivity contribution in [1.82, 2.24) is 13.5 Å². The summed E-state index contributed by atoms with van der Waals surface area (Å²) in [4.78, 5) is 2.43. The van der Waals surface area contributed by atoms with Crippen molar-refractivity contribution < 1.29 is 13.5 Å². The van der Waals surface area contributed by atoms with E-state index in [0.29, 0.717) is 25.7 Å². The molecule has 3 fully saturated rings. The van der Waals surface area contributed by atoms with Gasteiger partial charge in [-0.25, -0.2) is 0 Å². The van der Waals surface area contributed by atoms with Gasteiger partial charge >= 0.3 is 0 Å². The van der Waals surface area contributed by atoms with E-state index in [9.17, 15) is 13.5 Å². The first-order valence-corrected chi connectivity index (χ1v) is 9.54. The summed E-state index contributed by atoms with van der Waals surface area (Å²) in [6, 6.07) is 0.438. The van der Waals surface area contributed by atoms with Crippen LogP contribution in [0.2, 0.25) is 0 Å². The van der Waals surface area contributed by atoms with E-state index in [-0.39, 0.29) is 18.6 Å². The van der Waals surface area contributed by atoms with Crippen molar-refractivity contribution in [2.24, 2.45) is 5.92 Å². The Hall–Kier alpha value is -0.210. The lowest BCUT2D eigenvalue weighted by Crippen LogP contribution is -2.60. The average molecular weight is 317 g/mol. The first-order chi connectivity index (χ1) is 10.0. The number of aliphatic hydroxyl groups is 1. The number of hydrogen-bond acceptors (Lipinski definition) is 4. The molecule has 3 saturated heterocycles. The van der Waals surface area contributed by atoms with Crippen LogP contribution in [0.3, 0.4) is 0 Å². The van der Waals surface area contributed by atoms with Crippen LogP contribution in [0.15, 0.2) is 0 Å². The minimum atomic E-state index is -3.39. The maximum absolute atomic E-state index is 13.0. The lowest BCUT2D eigenvalue weighted by atomic mass is 10.0. The molecule has 7 heteroatoms. The Morgan fingerprint density at radius 3 is 2.62 bits per heavy atom. The standard InChI is InChI=1S/C14H27N3O3S/c1-12-8-15-6-3-5-14(15)10-17(12)21(19,20)16-7-2-4-13(9-16)11-18/h12-14,18H,2-11H2,1H3. The van der Waals surface area contributed by atoms with E-state index in [1.807, 2.05) is 6.92 Å². The quantitative estimate of drug-likeness (QED) is 0.802. The van der Waals surface area contributed by atoms with Crippen molar-refractivity contribution in [3.05, 3.63) is 0 Å². The van der Waals surface area contributed by atoms with Crippen molar-refractivity contribution >= 4 is 10.2 Å². The number of hydrogen-bond donors (Lipinski definition) is 1. The number of nitrogens with zero attached hydrogens (tertiary/aromatic N) is 3. The zero-order valence-corrected chi connectivity index (χ0v) is 13.6. The molecule has 0 spiro atoms. The van der Waals surface area contributed by atoms with Gasteiger partial charge < -0.3 is 5.11 Å². The minimum absolute atomic E-state index is 0.0406. The molecule has 122 valence electrons. The molecule has 0 saturated carbocycles. The first kappa shape index (κ1) is 15.7. The third-order valence-electron chi connectivity index (χ3n) is 5.24. The predicted molar refractivity (Wildman–Crippen MR) is 81.1 cm³/mol. The van der Waals surface area contributed by atoms with E-state index in [1.54, 1.807) is 8.61 Å². The highest BCUT2D eigenvalue weighted by Gasteiger charge is 2.42. The van der Waals surface area contributed by atoms with Gasteiger partial charge in [0.25, 0.3) is 10.2 Å². The highest BCUT2D eigenvalue weighted by molar-refractivity contribution is 7.86. The molecule has 3 heterocycles. The van der Waals surface area contributed by atoms with Gasteiger partial charge in [0.1, 0.15) is 0 Å². The third kappa shape index (κ3) is 2.99. The first-order valence-electron chi connectivity index (χ1n) is 8.14. The second kappa shape index (κ2) is 6.12. The van der Waals surface area contributed by atoms with Gasteiger partial charge in [-0.05, 0) is 45.1 Å². The van der Waals surface area contributed by atoms with Crippen LogP contribution in [-0.2, 0) is 10.2 Å². The molecule has 0 amide bonds.